The number of nitrogens with one attached hydrogen (secondary N) is 1. The molecule has 3 aromatic rings. The van der Waals surface area contributed by atoms with Gasteiger partial charge in [-0.25, -0.2) is 13.4 Å². The van der Waals surface area contributed by atoms with Crippen LogP contribution in [-0.2, 0) is 33.9 Å². The maximum atomic E-state index is 14.8. The maximum Gasteiger partial charge on any atom is 0.306 e. The predicted molar refractivity (Wildman–Crippen MR) is 223 cm³/mol. The van der Waals surface area contributed by atoms with Gasteiger partial charge in [-0.2, -0.15) is 0 Å². The van der Waals surface area contributed by atoms with Crippen molar-refractivity contribution in [3.63, 3.8) is 0 Å². The Balaban J connectivity index is 1.19. The second kappa shape index (κ2) is 16.9. The number of amides is 2. The van der Waals surface area contributed by atoms with E-state index >= 15 is 0 Å². The SMILES string of the molecule is COc1cc2nc(-c3ccccc3)cc3c2cc1C=CC[C@H](C)COC(=O)C[C@H]1CCCCC/C=C\[C@@H]2C[C@@]2(C(=O)NS(=O)(=O)C2CC2)CC(=O)[C@@H]2C[C@H](CN2C1=O)O3. The van der Waals surface area contributed by atoms with E-state index in [0.29, 0.717) is 61.2 Å². The summed E-state index contributed by atoms with van der Waals surface area (Å²) in [5.74, 6) is -1.66. The van der Waals surface area contributed by atoms with Crippen LogP contribution < -0.4 is 14.2 Å². The van der Waals surface area contributed by atoms with Crippen molar-refractivity contribution in [2.75, 3.05) is 20.3 Å². The quantitative estimate of drug-likeness (QED) is 0.211. The van der Waals surface area contributed by atoms with Crippen LogP contribution >= 0.6 is 0 Å². The number of fused-ring (bicyclic) bond motifs is 4. The molecule has 8 rings (SSSR count). The van der Waals surface area contributed by atoms with Crippen molar-refractivity contribution >= 4 is 50.6 Å². The number of rotatable bonds is 5. The number of methoxy groups -OCH3 is 1. The zero-order chi connectivity index (χ0) is 41.3. The molecule has 6 atom stereocenters. The summed E-state index contributed by atoms with van der Waals surface area (Å²) in [6.45, 7) is 2.26. The molecule has 1 saturated heterocycles. The lowest BCUT2D eigenvalue weighted by molar-refractivity contribution is -0.151. The lowest BCUT2D eigenvalue weighted by Crippen LogP contribution is -2.46. The van der Waals surface area contributed by atoms with Gasteiger partial charge in [0.15, 0.2) is 5.78 Å². The second-order valence-electron chi connectivity index (χ2n) is 17.1. The van der Waals surface area contributed by atoms with Crippen LogP contribution in [0.1, 0.15) is 89.5 Å². The van der Waals surface area contributed by atoms with Gasteiger partial charge in [-0.15, -0.1) is 0 Å². The third kappa shape index (κ3) is 8.95. The van der Waals surface area contributed by atoms with E-state index in [2.05, 4.69) is 4.72 Å². The normalized spacial score (nSPS) is 28.7. The summed E-state index contributed by atoms with van der Waals surface area (Å²) in [5.41, 5.74) is 1.76. The summed E-state index contributed by atoms with van der Waals surface area (Å²) in [5, 5.41) is 0.132. The molecule has 1 N–H and O–H groups in total. The van der Waals surface area contributed by atoms with Crippen LogP contribution in [0.5, 0.6) is 11.5 Å². The molecule has 0 radical (unpaired) electrons. The first kappa shape index (κ1) is 40.7. The monoisotopic (exact) mass is 823 g/mol. The number of allylic oxidation sites excluding steroid dienone is 3. The summed E-state index contributed by atoms with van der Waals surface area (Å²) in [6.07, 6.45) is 12.6. The molecule has 3 aliphatic heterocycles. The third-order valence-electron chi connectivity index (χ3n) is 12.6. The van der Waals surface area contributed by atoms with Crippen molar-refractivity contribution in [2.24, 2.45) is 23.2 Å². The smallest absolute Gasteiger partial charge is 0.306 e. The summed E-state index contributed by atoms with van der Waals surface area (Å²) in [4.78, 5) is 63.4. The number of sulfonamides is 1. The molecule has 2 aliphatic carbocycles. The van der Waals surface area contributed by atoms with E-state index in [1.54, 1.807) is 12.0 Å². The van der Waals surface area contributed by atoms with Gasteiger partial charge >= 0.3 is 5.97 Å². The number of nitrogens with zero attached hydrogens (tertiary/aromatic N) is 2. The van der Waals surface area contributed by atoms with E-state index in [1.807, 2.05) is 79.8 Å². The van der Waals surface area contributed by atoms with Crippen LogP contribution in [-0.4, -0.2) is 79.5 Å². The number of carbonyl (C=O) groups excluding carboxylic acids is 4. The predicted octanol–water partition coefficient (Wildman–Crippen LogP) is 6.96. The molecule has 1 aromatic heterocycles. The molecule has 0 unspecified atom stereocenters. The second-order valence-corrected chi connectivity index (χ2v) is 19.1. The highest BCUT2D eigenvalue weighted by atomic mass is 32.2. The van der Waals surface area contributed by atoms with Crippen LogP contribution in [0.15, 0.2) is 66.8 Å². The molecule has 5 aliphatic rings. The Morgan fingerprint density at radius 3 is 2.61 bits per heavy atom. The van der Waals surface area contributed by atoms with Crippen LogP contribution in [0.4, 0.5) is 0 Å². The van der Waals surface area contributed by atoms with Gasteiger partial charge < -0.3 is 19.1 Å². The number of hydrogen-bond acceptors (Lipinski definition) is 10. The number of benzene rings is 2. The zero-order valence-corrected chi connectivity index (χ0v) is 34.6. The minimum Gasteiger partial charge on any atom is -0.496 e. The van der Waals surface area contributed by atoms with Crippen LogP contribution in [0.3, 0.4) is 0 Å². The number of esters is 1. The molecule has 2 saturated carbocycles. The van der Waals surface area contributed by atoms with Gasteiger partial charge in [0.05, 0.1) is 54.6 Å². The first-order valence-corrected chi connectivity index (χ1v) is 22.6. The van der Waals surface area contributed by atoms with Gasteiger partial charge in [-0.1, -0.05) is 74.4 Å². The lowest BCUT2D eigenvalue weighted by atomic mass is 9.90. The number of ether oxygens (including phenoxy) is 3. The summed E-state index contributed by atoms with van der Waals surface area (Å²) >= 11 is 0. The summed E-state index contributed by atoms with van der Waals surface area (Å²) < 4.78 is 46.7. The van der Waals surface area contributed by atoms with Crippen molar-refractivity contribution < 1.29 is 41.8 Å². The fraction of sp³-hybridized carbons (Fsp3) is 0.500. The topological polar surface area (TPSA) is 158 Å². The highest BCUT2D eigenvalue weighted by Gasteiger charge is 2.61. The van der Waals surface area contributed by atoms with Crippen LogP contribution in [0.2, 0.25) is 0 Å². The highest BCUT2D eigenvalue weighted by Crippen LogP contribution is 2.57. The Bertz CT molecular complexity index is 2290. The molecule has 2 aromatic carbocycles. The fourth-order valence-corrected chi connectivity index (χ4v) is 10.3. The number of ketones is 1. The Kier molecular flexibility index (Phi) is 11.7. The standard InChI is InChI=1S/C46H53N3O9S/c1-29-12-11-16-31-20-36-38(24-41(31)56-2)47-37(30-13-8-6-9-14-30)23-42(36)58-34-22-39-40(50)26-46(45(53)48-59(54,55)35-18-19-35)25-33(46)17-10-5-3-4-7-15-32(21-43(51)57-28-29)44(52)49(39)27-34/h6,8-11,13-14,16-17,20,23-24,29,32-35,39H,3-5,7,12,15,18-19,21-22,25-28H2,1-2H3,(H,48,53)/b16-11?,17-10-/t29-,32+,33+,34+,39-,46+/m0/s1. The molecule has 13 heteroatoms. The number of Topliss-reactive ketones (excluding diaryl/α,β-unsaturated/α-hetero) is 1. The average molecular weight is 824 g/mol. The molecule has 3 fully saturated rings. The van der Waals surface area contributed by atoms with Crippen LogP contribution in [0.25, 0.3) is 28.2 Å². The van der Waals surface area contributed by atoms with E-state index in [4.69, 9.17) is 19.2 Å². The first-order chi connectivity index (χ1) is 28.4. The largest absolute Gasteiger partial charge is 0.496 e. The van der Waals surface area contributed by atoms with Crippen molar-refractivity contribution in [2.45, 2.75) is 101 Å². The fourth-order valence-electron chi connectivity index (χ4n) is 8.89. The summed E-state index contributed by atoms with van der Waals surface area (Å²) in [6, 6.07) is 14.5. The average Bonchev–Trinajstić information content (AvgIpc) is 4.15. The number of cyclic esters (lactones) is 1. The molecule has 0 spiro atoms. The van der Waals surface area contributed by atoms with Gasteiger partial charge in [0, 0.05) is 47.4 Å². The zero-order valence-electron chi connectivity index (χ0n) is 33.8. The summed E-state index contributed by atoms with van der Waals surface area (Å²) in [7, 11) is -2.25. The van der Waals surface area contributed by atoms with Gasteiger partial charge in [-0.05, 0) is 62.8 Å². The first-order valence-electron chi connectivity index (χ1n) is 21.1. The minimum atomic E-state index is -3.86. The van der Waals surface area contributed by atoms with Gasteiger partial charge in [0.1, 0.15) is 17.6 Å². The molecule has 312 valence electrons. The van der Waals surface area contributed by atoms with Crippen molar-refractivity contribution in [1.82, 2.24) is 14.6 Å². The van der Waals surface area contributed by atoms with Gasteiger partial charge in [0.2, 0.25) is 21.8 Å². The third-order valence-corrected chi connectivity index (χ3v) is 14.4. The van der Waals surface area contributed by atoms with E-state index in [9.17, 15) is 27.6 Å². The van der Waals surface area contributed by atoms with Crippen molar-refractivity contribution in [3.05, 3.63) is 72.3 Å². The number of hydrogen-bond donors (Lipinski definition) is 1. The molecular formula is C46H53N3O9S. The molecule has 5 bridgehead atoms. The van der Waals surface area contributed by atoms with E-state index in [-0.39, 0.29) is 55.9 Å². The molecular weight excluding hydrogens is 771 g/mol. The molecule has 4 heterocycles. The molecule has 59 heavy (non-hydrogen) atoms. The minimum absolute atomic E-state index is 0.00240. The lowest BCUT2D eigenvalue weighted by Gasteiger charge is -2.29. The Morgan fingerprint density at radius 1 is 1.02 bits per heavy atom. The Morgan fingerprint density at radius 2 is 1.83 bits per heavy atom. The number of pyridine rings is 1. The maximum absolute atomic E-state index is 14.8. The van der Waals surface area contributed by atoms with E-state index in [1.165, 1.54) is 0 Å². The van der Waals surface area contributed by atoms with E-state index < -0.39 is 50.6 Å². The van der Waals surface area contributed by atoms with Gasteiger partial charge in [-0.3, -0.25) is 23.9 Å². The molecule has 12 nitrogen and oxygen atoms in total. The highest BCUT2D eigenvalue weighted by molar-refractivity contribution is 7.90. The number of aromatic nitrogens is 1. The van der Waals surface area contributed by atoms with Crippen molar-refractivity contribution in [1.29, 1.82) is 0 Å². The van der Waals surface area contributed by atoms with Crippen molar-refractivity contribution in [3.8, 4) is 22.8 Å². The van der Waals surface area contributed by atoms with Gasteiger partial charge in [0.25, 0.3) is 0 Å². The number of carbonyl (C=O) groups is 4. The Labute approximate surface area is 345 Å². The van der Waals surface area contributed by atoms with E-state index in [0.717, 1.165) is 35.8 Å². The van der Waals surface area contributed by atoms with Crippen LogP contribution in [0, 0.1) is 23.2 Å². The Hall–Kier alpha value is -5.04. The molecule has 2 amide bonds.